The minimum atomic E-state index is -0.293. The summed E-state index contributed by atoms with van der Waals surface area (Å²) in [5.41, 5.74) is 1.91. The topological polar surface area (TPSA) is 59.9 Å². The van der Waals surface area contributed by atoms with E-state index in [1.807, 2.05) is 23.1 Å². The quantitative estimate of drug-likeness (QED) is 0.871. The smallest absolute Gasteiger partial charge is 0.255 e. The molecule has 3 fully saturated rings. The molecule has 3 aliphatic rings. The molecule has 0 bridgehead atoms. The molecule has 1 aromatic carbocycles. The number of pyridine rings is 1. The van der Waals surface area contributed by atoms with Crippen LogP contribution in [-0.2, 0) is 6.54 Å². The second kappa shape index (κ2) is 6.95. The normalized spacial score (nSPS) is 26.8. The van der Waals surface area contributed by atoms with Crippen molar-refractivity contribution in [2.45, 2.75) is 30.7 Å². The van der Waals surface area contributed by atoms with Crippen LogP contribution >= 0.6 is 0 Å². The number of benzene rings is 1. The lowest BCUT2D eigenvalue weighted by Crippen LogP contribution is -2.78. The number of aromatic nitrogens is 1. The lowest BCUT2D eigenvalue weighted by atomic mass is 9.83. The standard InChI is InChI=1S/C22H26N4O2/c27-20-9-19-12-25(21(28)18-7-4-8-23-10-18)16-22(26(19)13-20)14-24(15-22)11-17-5-2-1-3-6-17/h1-8,10,19-20,27H,9,11-16H2. The Bertz CT molecular complexity index is 838. The fraction of sp³-hybridized carbons (Fsp3) is 0.455. The van der Waals surface area contributed by atoms with Gasteiger partial charge in [0.1, 0.15) is 0 Å². The van der Waals surface area contributed by atoms with E-state index in [2.05, 4.69) is 39.0 Å². The van der Waals surface area contributed by atoms with Crippen LogP contribution in [0, 0.1) is 0 Å². The van der Waals surface area contributed by atoms with E-state index in [0.29, 0.717) is 12.1 Å². The van der Waals surface area contributed by atoms with Crippen molar-refractivity contribution < 1.29 is 9.90 Å². The Morgan fingerprint density at radius 2 is 1.93 bits per heavy atom. The van der Waals surface area contributed by atoms with Crippen LogP contribution in [0.3, 0.4) is 0 Å². The molecule has 2 aromatic rings. The predicted molar refractivity (Wildman–Crippen MR) is 106 cm³/mol. The van der Waals surface area contributed by atoms with Gasteiger partial charge in [0.05, 0.1) is 17.2 Å². The molecule has 1 spiro atoms. The highest BCUT2D eigenvalue weighted by Crippen LogP contribution is 2.39. The molecule has 0 radical (unpaired) electrons. The molecule has 5 rings (SSSR count). The molecule has 4 heterocycles. The van der Waals surface area contributed by atoms with Crippen LogP contribution in [0.25, 0.3) is 0 Å². The Balaban J connectivity index is 1.34. The summed E-state index contributed by atoms with van der Waals surface area (Å²) in [4.78, 5) is 24.1. The maximum absolute atomic E-state index is 13.1. The first kappa shape index (κ1) is 17.8. The first-order chi connectivity index (χ1) is 13.6. The van der Waals surface area contributed by atoms with Gasteiger partial charge in [-0.15, -0.1) is 0 Å². The van der Waals surface area contributed by atoms with Gasteiger partial charge in [-0.25, -0.2) is 0 Å². The summed E-state index contributed by atoms with van der Waals surface area (Å²) in [5, 5.41) is 10.3. The van der Waals surface area contributed by atoms with E-state index in [-0.39, 0.29) is 23.6 Å². The van der Waals surface area contributed by atoms with Crippen LogP contribution in [0.1, 0.15) is 22.3 Å². The average Bonchev–Trinajstić information content (AvgIpc) is 3.08. The van der Waals surface area contributed by atoms with Crippen LogP contribution in [0.2, 0.25) is 0 Å². The van der Waals surface area contributed by atoms with Crippen LogP contribution in [0.5, 0.6) is 0 Å². The molecule has 146 valence electrons. The van der Waals surface area contributed by atoms with Gasteiger partial charge in [0.2, 0.25) is 0 Å². The number of carbonyl (C=O) groups excluding carboxylic acids is 1. The monoisotopic (exact) mass is 378 g/mol. The molecule has 0 aliphatic carbocycles. The third-order valence-electron chi connectivity index (χ3n) is 6.40. The molecule has 3 saturated heterocycles. The molecule has 6 nitrogen and oxygen atoms in total. The predicted octanol–water partition coefficient (Wildman–Crippen LogP) is 1.23. The zero-order chi connectivity index (χ0) is 19.1. The van der Waals surface area contributed by atoms with Crippen LogP contribution in [0.15, 0.2) is 54.9 Å². The Hall–Kier alpha value is -2.28. The highest BCUT2D eigenvalue weighted by molar-refractivity contribution is 5.94. The van der Waals surface area contributed by atoms with E-state index in [4.69, 9.17) is 0 Å². The zero-order valence-corrected chi connectivity index (χ0v) is 15.9. The number of likely N-dealkylation sites (tertiary alicyclic amines) is 1. The van der Waals surface area contributed by atoms with Crippen molar-refractivity contribution in [2.24, 2.45) is 0 Å². The van der Waals surface area contributed by atoms with E-state index in [1.165, 1.54) is 5.56 Å². The Morgan fingerprint density at radius 3 is 2.68 bits per heavy atom. The first-order valence-electron chi connectivity index (χ1n) is 10.0. The van der Waals surface area contributed by atoms with E-state index >= 15 is 0 Å². The van der Waals surface area contributed by atoms with Crippen molar-refractivity contribution in [3.8, 4) is 0 Å². The van der Waals surface area contributed by atoms with Gasteiger partial charge in [-0.2, -0.15) is 0 Å². The summed E-state index contributed by atoms with van der Waals surface area (Å²) in [5.74, 6) is 0.0509. The van der Waals surface area contributed by atoms with Crippen molar-refractivity contribution in [2.75, 3.05) is 32.7 Å². The summed E-state index contributed by atoms with van der Waals surface area (Å²) < 4.78 is 0. The molecular formula is C22H26N4O2. The number of amides is 1. The van der Waals surface area contributed by atoms with Crippen molar-refractivity contribution in [3.63, 3.8) is 0 Å². The van der Waals surface area contributed by atoms with Crippen LogP contribution < -0.4 is 0 Å². The lowest BCUT2D eigenvalue weighted by Gasteiger charge is -2.61. The molecule has 0 saturated carbocycles. The minimum Gasteiger partial charge on any atom is -0.392 e. The molecular weight excluding hydrogens is 352 g/mol. The number of rotatable bonds is 3. The number of β-amino-alcohol motifs (C(OH)–C–C–N with tert-alkyl or cyclic N) is 1. The fourth-order valence-corrected chi connectivity index (χ4v) is 5.26. The third-order valence-corrected chi connectivity index (χ3v) is 6.40. The third kappa shape index (κ3) is 3.11. The lowest BCUT2D eigenvalue weighted by molar-refractivity contribution is -0.108. The molecule has 3 aliphatic heterocycles. The van der Waals surface area contributed by atoms with Gasteiger partial charge in [-0.3, -0.25) is 19.6 Å². The second-order valence-corrected chi connectivity index (χ2v) is 8.48. The number of carbonyl (C=O) groups is 1. The van der Waals surface area contributed by atoms with Gasteiger partial charge < -0.3 is 10.0 Å². The largest absolute Gasteiger partial charge is 0.392 e. The average molecular weight is 378 g/mol. The highest BCUT2D eigenvalue weighted by atomic mass is 16.3. The van der Waals surface area contributed by atoms with Gasteiger partial charge in [-0.05, 0) is 24.1 Å². The maximum Gasteiger partial charge on any atom is 0.255 e. The summed E-state index contributed by atoms with van der Waals surface area (Å²) in [6.45, 7) is 4.92. The van der Waals surface area contributed by atoms with Crippen molar-refractivity contribution in [1.82, 2.24) is 19.7 Å². The molecule has 1 amide bonds. The second-order valence-electron chi connectivity index (χ2n) is 8.48. The highest BCUT2D eigenvalue weighted by Gasteiger charge is 2.56. The van der Waals surface area contributed by atoms with Crippen LogP contribution in [0.4, 0.5) is 0 Å². The van der Waals surface area contributed by atoms with E-state index in [1.54, 1.807) is 12.4 Å². The van der Waals surface area contributed by atoms with Gasteiger partial charge in [0, 0.05) is 57.7 Å². The molecule has 2 atom stereocenters. The van der Waals surface area contributed by atoms with E-state index < -0.39 is 0 Å². The summed E-state index contributed by atoms with van der Waals surface area (Å²) in [6, 6.07) is 14.4. The number of aliphatic hydroxyl groups excluding tert-OH is 1. The Morgan fingerprint density at radius 1 is 1.11 bits per heavy atom. The van der Waals surface area contributed by atoms with Gasteiger partial charge in [0.15, 0.2) is 0 Å². The van der Waals surface area contributed by atoms with Gasteiger partial charge in [-0.1, -0.05) is 30.3 Å². The number of nitrogens with zero attached hydrogens (tertiary/aromatic N) is 4. The van der Waals surface area contributed by atoms with Crippen LogP contribution in [-0.4, -0.2) is 81.1 Å². The molecule has 1 aromatic heterocycles. The fourth-order valence-electron chi connectivity index (χ4n) is 5.26. The molecule has 28 heavy (non-hydrogen) atoms. The molecule has 1 N–H and O–H groups in total. The van der Waals surface area contributed by atoms with Gasteiger partial charge >= 0.3 is 0 Å². The first-order valence-corrected chi connectivity index (χ1v) is 10.0. The number of hydrogen-bond acceptors (Lipinski definition) is 5. The van der Waals surface area contributed by atoms with E-state index in [0.717, 1.165) is 39.1 Å². The number of piperazine rings is 1. The molecule has 2 unspecified atom stereocenters. The minimum absolute atomic E-state index is 0.0486. The number of aliphatic hydroxyl groups is 1. The SMILES string of the molecule is O=C(c1cccnc1)N1CC2CC(O)CN2C2(CN(Cc3ccccc3)C2)C1. The number of fused-ring (bicyclic) bond motifs is 2. The summed E-state index contributed by atoms with van der Waals surface area (Å²) in [7, 11) is 0. The van der Waals surface area contributed by atoms with E-state index in [9.17, 15) is 9.90 Å². The summed E-state index contributed by atoms with van der Waals surface area (Å²) >= 11 is 0. The van der Waals surface area contributed by atoms with Crippen molar-refractivity contribution in [3.05, 3.63) is 66.0 Å². The Labute approximate surface area is 165 Å². The number of hydrogen-bond donors (Lipinski definition) is 1. The summed E-state index contributed by atoms with van der Waals surface area (Å²) in [6.07, 6.45) is 3.79. The van der Waals surface area contributed by atoms with Crippen molar-refractivity contribution >= 4 is 5.91 Å². The maximum atomic E-state index is 13.1. The van der Waals surface area contributed by atoms with Crippen molar-refractivity contribution in [1.29, 1.82) is 0 Å². The van der Waals surface area contributed by atoms with Gasteiger partial charge in [0.25, 0.3) is 5.91 Å². The Kier molecular flexibility index (Phi) is 4.42. The molecule has 6 heteroatoms. The zero-order valence-electron chi connectivity index (χ0n) is 15.9.